The van der Waals surface area contributed by atoms with Crippen LogP contribution >= 0.6 is 0 Å². The van der Waals surface area contributed by atoms with E-state index in [1.165, 1.54) is 38.6 Å². The van der Waals surface area contributed by atoms with Gasteiger partial charge < -0.3 is 5.11 Å². The van der Waals surface area contributed by atoms with Crippen molar-refractivity contribution >= 4 is 0 Å². The zero-order valence-electron chi connectivity index (χ0n) is 10.6. The first-order chi connectivity index (χ1) is 7.10. The zero-order chi connectivity index (χ0) is 11.3. The number of rotatable bonds is 5. The Balaban J connectivity index is 2.41. The Morgan fingerprint density at radius 2 is 2.07 bits per heavy atom. The van der Waals surface area contributed by atoms with Gasteiger partial charge in [-0.15, -0.1) is 0 Å². The fraction of sp³-hybridized carbons (Fsp3) is 1.00. The van der Waals surface area contributed by atoms with Crippen LogP contribution in [-0.4, -0.2) is 35.2 Å². The summed E-state index contributed by atoms with van der Waals surface area (Å²) in [6, 6.07) is 0. The Kier molecular flexibility index (Phi) is 5.07. The molecule has 0 aromatic carbocycles. The van der Waals surface area contributed by atoms with Crippen molar-refractivity contribution in [1.82, 2.24) is 4.90 Å². The van der Waals surface area contributed by atoms with E-state index in [0.29, 0.717) is 18.1 Å². The number of likely N-dealkylation sites (tertiary alicyclic amines) is 1. The van der Waals surface area contributed by atoms with Crippen molar-refractivity contribution in [2.45, 2.75) is 58.4 Å². The van der Waals surface area contributed by atoms with Crippen LogP contribution in [0.25, 0.3) is 0 Å². The number of aliphatic hydroxyl groups excluding tert-OH is 1. The molecule has 1 saturated heterocycles. The second-order valence-corrected chi connectivity index (χ2v) is 5.55. The zero-order valence-corrected chi connectivity index (χ0v) is 10.6. The molecule has 0 radical (unpaired) electrons. The molecule has 1 aliphatic rings. The Bertz CT molecular complexity index is 179. The van der Waals surface area contributed by atoms with Crippen LogP contribution in [0.4, 0.5) is 0 Å². The SMILES string of the molecule is CCCCCN1CC(CO)CCC1(C)C. The third kappa shape index (κ3) is 3.76. The van der Waals surface area contributed by atoms with Crippen LogP contribution < -0.4 is 0 Å². The highest BCUT2D eigenvalue weighted by atomic mass is 16.3. The minimum Gasteiger partial charge on any atom is -0.396 e. The summed E-state index contributed by atoms with van der Waals surface area (Å²) in [6.07, 6.45) is 6.34. The van der Waals surface area contributed by atoms with Gasteiger partial charge in [0.25, 0.3) is 0 Å². The lowest BCUT2D eigenvalue weighted by Crippen LogP contribution is -2.51. The fourth-order valence-electron chi connectivity index (χ4n) is 2.46. The average Bonchev–Trinajstić information content (AvgIpc) is 2.21. The first kappa shape index (κ1) is 13.0. The molecule has 1 fully saturated rings. The molecule has 0 amide bonds. The van der Waals surface area contributed by atoms with Gasteiger partial charge >= 0.3 is 0 Å². The molecule has 1 unspecified atom stereocenters. The van der Waals surface area contributed by atoms with Crippen molar-refractivity contribution in [3.05, 3.63) is 0 Å². The van der Waals surface area contributed by atoms with Gasteiger partial charge in [-0.2, -0.15) is 0 Å². The van der Waals surface area contributed by atoms with Crippen LogP contribution in [0.1, 0.15) is 52.9 Å². The second kappa shape index (κ2) is 5.86. The van der Waals surface area contributed by atoms with Gasteiger partial charge in [-0.1, -0.05) is 19.8 Å². The molecule has 0 aromatic rings. The van der Waals surface area contributed by atoms with E-state index in [9.17, 15) is 5.11 Å². The molecule has 15 heavy (non-hydrogen) atoms. The maximum absolute atomic E-state index is 9.22. The molecule has 1 rings (SSSR count). The first-order valence-corrected chi connectivity index (χ1v) is 6.46. The highest BCUT2D eigenvalue weighted by Crippen LogP contribution is 2.30. The number of nitrogens with zero attached hydrogens (tertiary/aromatic N) is 1. The average molecular weight is 213 g/mol. The smallest absolute Gasteiger partial charge is 0.0471 e. The van der Waals surface area contributed by atoms with E-state index in [1.54, 1.807) is 0 Å². The van der Waals surface area contributed by atoms with E-state index in [2.05, 4.69) is 25.7 Å². The summed E-state index contributed by atoms with van der Waals surface area (Å²) in [6.45, 7) is 9.59. The van der Waals surface area contributed by atoms with Crippen molar-refractivity contribution in [2.24, 2.45) is 5.92 Å². The Labute approximate surface area is 94.7 Å². The molecule has 0 aromatic heterocycles. The number of hydrogen-bond acceptors (Lipinski definition) is 2. The third-order valence-corrected chi connectivity index (χ3v) is 3.79. The molecule has 0 spiro atoms. The van der Waals surface area contributed by atoms with Gasteiger partial charge in [0.1, 0.15) is 0 Å². The molecule has 2 nitrogen and oxygen atoms in total. The van der Waals surface area contributed by atoms with Gasteiger partial charge in [0.2, 0.25) is 0 Å². The molecule has 0 saturated carbocycles. The quantitative estimate of drug-likeness (QED) is 0.710. The molecule has 90 valence electrons. The molecular weight excluding hydrogens is 186 g/mol. The van der Waals surface area contributed by atoms with E-state index >= 15 is 0 Å². The Morgan fingerprint density at radius 1 is 1.33 bits per heavy atom. The van der Waals surface area contributed by atoms with Crippen molar-refractivity contribution < 1.29 is 5.11 Å². The molecule has 0 bridgehead atoms. The molecule has 2 heteroatoms. The largest absolute Gasteiger partial charge is 0.396 e. The normalized spacial score (nSPS) is 26.8. The molecule has 1 atom stereocenters. The lowest BCUT2D eigenvalue weighted by molar-refractivity contribution is 0.0249. The van der Waals surface area contributed by atoms with Crippen LogP contribution in [0.5, 0.6) is 0 Å². The fourth-order valence-corrected chi connectivity index (χ4v) is 2.46. The summed E-state index contributed by atoms with van der Waals surface area (Å²) < 4.78 is 0. The van der Waals surface area contributed by atoms with Crippen molar-refractivity contribution in [1.29, 1.82) is 0 Å². The standard InChI is InChI=1S/C13H27NO/c1-4-5-6-9-14-10-12(11-15)7-8-13(14,2)3/h12,15H,4-11H2,1-3H3. The van der Waals surface area contributed by atoms with Gasteiger partial charge in [-0.3, -0.25) is 4.90 Å². The maximum atomic E-state index is 9.22. The summed E-state index contributed by atoms with van der Waals surface area (Å²) in [5.74, 6) is 0.514. The predicted molar refractivity (Wildman–Crippen MR) is 65.0 cm³/mol. The van der Waals surface area contributed by atoms with Crippen LogP contribution in [0.15, 0.2) is 0 Å². The van der Waals surface area contributed by atoms with Crippen molar-refractivity contribution in [2.75, 3.05) is 19.7 Å². The molecule has 1 heterocycles. The van der Waals surface area contributed by atoms with E-state index in [1.807, 2.05) is 0 Å². The van der Waals surface area contributed by atoms with Crippen molar-refractivity contribution in [3.8, 4) is 0 Å². The molecular formula is C13H27NO. The molecule has 1 aliphatic heterocycles. The highest BCUT2D eigenvalue weighted by molar-refractivity contribution is 4.88. The van der Waals surface area contributed by atoms with Gasteiger partial charge in [0, 0.05) is 18.7 Å². The lowest BCUT2D eigenvalue weighted by atomic mass is 9.85. The van der Waals surface area contributed by atoms with Crippen LogP contribution in [-0.2, 0) is 0 Å². The number of piperidine rings is 1. The van der Waals surface area contributed by atoms with E-state index in [-0.39, 0.29) is 0 Å². The summed E-state index contributed by atoms with van der Waals surface area (Å²) >= 11 is 0. The topological polar surface area (TPSA) is 23.5 Å². The Hall–Kier alpha value is -0.0800. The lowest BCUT2D eigenvalue weighted by Gasteiger charge is -2.45. The predicted octanol–water partition coefficient (Wildman–Crippen LogP) is 2.66. The van der Waals surface area contributed by atoms with Crippen molar-refractivity contribution in [3.63, 3.8) is 0 Å². The number of aliphatic hydroxyl groups is 1. The second-order valence-electron chi connectivity index (χ2n) is 5.55. The van der Waals surface area contributed by atoms with Crippen LogP contribution in [0, 0.1) is 5.92 Å². The third-order valence-electron chi connectivity index (χ3n) is 3.79. The monoisotopic (exact) mass is 213 g/mol. The van der Waals surface area contributed by atoms with Gasteiger partial charge in [-0.25, -0.2) is 0 Å². The summed E-state index contributed by atoms with van der Waals surface area (Å²) in [5.41, 5.74) is 0.347. The Morgan fingerprint density at radius 3 is 2.67 bits per heavy atom. The minimum atomic E-state index is 0.347. The maximum Gasteiger partial charge on any atom is 0.0471 e. The highest BCUT2D eigenvalue weighted by Gasteiger charge is 2.33. The van der Waals surface area contributed by atoms with E-state index in [4.69, 9.17) is 0 Å². The number of unbranched alkanes of at least 4 members (excludes halogenated alkanes) is 2. The van der Waals surface area contributed by atoms with Gasteiger partial charge in [0.05, 0.1) is 0 Å². The van der Waals surface area contributed by atoms with Crippen LogP contribution in [0.2, 0.25) is 0 Å². The summed E-state index contributed by atoms with van der Waals surface area (Å²) in [4.78, 5) is 2.58. The molecule has 0 aliphatic carbocycles. The number of hydrogen-bond donors (Lipinski definition) is 1. The van der Waals surface area contributed by atoms with E-state index in [0.717, 1.165) is 6.54 Å². The minimum absolute atomic E-state index is 0.347. The summed E-state index contributed by atoms with van der Waals surface area (Å²) in [7, 11) is 0. The van der Waals surface area contributed by atoms with Crippen LogP contribution in [0.3, 0.4) is 0 Å². The summed E-state index contributed by atoms with van der Waals surface area (Å²) in [5, 5.41) is 9.22. The van der Waals surface area contributed by atoms with Gasteiger partial charge in [0.15, 0.2) is 0 Å². The van der Waals surface area contributed by atoms with E-state index < -0.39 is 0 Å². The first-order valence-electron chi connectivity index (χ1n) is 6.46. The van der Waals surface area contributed by atoms with Gasteiger partial charge in [-0.05, 0) is 45.6 Å². The molecule has 1 N–H and O–H groups in total.